The van der Waals surface area contributed by atoms with Crippen LogP contribution >= 0.6 is 0 Å². The number of aromatic nitrogens is 2. The van der Waals surface area contributed by atoms with E-state index < -0.39 is 4.92 Å². The summed E-state index contributed by atoms with van der Waals surface area (Å²) in [6.45, 7) is 2.32. The number of nitro groups is 1. The lowest BCUT2D eigenvalue weighted by Gasteiger charge is -2.09. The summed E-state index contributed by atoms with van der Waals surface area (Å²) in [6.07, 6.45) is 1.57. The average molecular weight is 284 g/mol. The van der Waals surface area contributed by atoms with Crippen molar-refractivity contribution >= 4 is 22.3 Å². The number of hydrogen-bond acceptors (Lipinski definition) is 6. The molecule has 0 aliphatic carbocycles. The van der Waals surface area contributed by atoms with Crippen LogP contribution in [0.2, 0.25) is 0 Å². The molecule has 0 saturated heterocycles. The quantitative estimate of drug-likeness (QED) is 0.584. The molecule has 0 aliphatic rings. The molecular formula is C14H12N4O3. The van der Waals surface area contributed by atoms with Gasteiger partial charge in [0.25, 0.3) is 5.69 Å². The van der Waals surface area contributed by atoms with Gasteiger partial charge in [-0.25, -0.2) is 0 Å². The normalized spacial score (nSPS) is 10.7. The molecule has 2 aromatic heterocycles. The first-order valence-electron chi connectivity index (χ1n) is 6.33. The molecular weight excluding hydrogens is 272 g/mol. The van der Waals surface area contributed by atoms with Gasteiger partial charge in [0.05, 0.1) is 23.2 Å². The van der Waals surface area contributed by atoms with Crippen LogP contribution in [0.25, 0.3) is 10.9 Å². The second kappa shape index (κ2) is 5.20. The van der Waals surface area contributed by atoms with Crippen molar-refractivity contribution in [2.75, 3.05) is 5.32 Å². The van der Waals surface area contributed by atoms with Gasteiger partial charge in [-0.05, 0) is 19.1 Å². The van der Waals surface area contributed by atoms with Gasteiger partial charge < -0.3 is 9.84 Å². The van der Waals surface area contributed by atoms with Crippen molar-refractivity contribution in [2.45, 2.75) is 13.5 Å². The largest absolute Gasteiger partial charge is 0.377 e. The topological polar surface area (TPSA) is 94.1 Å². The zero-order chi connectivity index (χ0) is 14.8. The third kappa shape index (κ3) is 2.66. The number of rotatable bonds is 4. The van der Waals surface area contributed by atoms with E-state index >= 15 is 0 Å². The number of fused-ring (bicyclic) bond motifs is 1. The Kier molecular flexibility index (Phi) is 3.23. The summed E-state index contributed by atoms with van der Waals surface area (Å²) in [5, 5.41) is 18.4. The van der Waals surface area contributed by atoms with E-state index in [-0.39, 0.29) is 5.69 Å². The zero-order valence-electron chi connectivity index (χ0n) is 11.2. The fourth-order valence-electron chi connectivity index (χ4n) is 2.12. The fourth-order valence-corrected chi connectivity index (χ4v) is 2.12. The van der Waals surface area contributed by atoms with Gasteiger partial charge in [-0.2, -0.15) is 0 Å². The summed E-state index contributed by atoms with van der Waals surface area (Å²) >= 11 is 0. The van der Waals surface area contributed by atoms with E-state index in [1.54, 1.807) is 18.3 Å². The first kappa shape index (κ1) is 13.0. The van der Waals surface area contributed by atoms with Crippen LogP contribution in [0.4, 0.5) is 11.4 Å². The lowest BCUT2D eigenvalue weighted by molar-refractivity contribution is -0.384. The van der Waals surface area contributed by atoms with Crippen LogP contribution in [0, 0.1) is 17.0 Å². The molecule has 0 radical (unpaired) electrons. The fraction of sp³-hybridized carbons (Fsp3) is 0.143. The predicted octanol–water partition coefficient (Wildman–Crippen LogP) is 3.05. The van der Waals surface area contributed by atoms with Gasteiger partial charge in [0.15, 0.2) is 5.76 Å². The van der Waals surface area contributed by atoms with Crippen molar-refractivity contribution in [2.24, 2.45) is 0 Å². The Bertz CT molecular complexity index is 799. The lowest BCUT2D eigenvalue weighted by atomic mass is 10.1. The number of anilines is 1. The van der Waals surface area contributed by atoms with E-state index in [1.807, 2.05) is 13.0 Å². The molecule has 7 heteroatoms. The Morgan fingerprint density at radius 1 is 1.33 bits per heavy atom. The molecule has 0 bridgehead atoms. The third-order valence-corrected chi connectivity index (χ3v) is 3.08. The number of non-ortho nitro benzene ring substituents is 1. The Labute approximate surface area is 119 Å². The second-order valence-corrected chi connectivity index (χ2v) is 4.60. The van der Waals surface area contributed by atoms with Gasteiger partial charge in [0.2, 0.25) is 0 Å². The van der Waals surface area contributed by atoms with Crippen LogP contribution in [0.5, 0.6) is 0 Å². The number of benzene rings is 1. The van der Waals surface area contributed by atoms with Gasteiger partial charge in [0.1, 0.15) is 0 Å². The Morgan fingerprint density at radius 2 is 2.19 bits per heavy atom. The average Bonchev–Trinajstić information content (AvgIpc) is 2.97. The molecule has 0 saturated carbocycles. The maximum absolute atomic E-state index is 10.9. The Hall–Kier alpha value is -2.96. The van der Waals surface area contributed by atoms with Crippen LogP contribution < -0.4 is 5.32 Å². The van der Waals surface area contributed by atoms with Gasteiger partial charge >= 0.3 is 0 Å². The second-order valence-electron chi connectivity index (χ2n) is 4.60. The molecule has 0 atom stereocenters. The standard InChI is InChI=1S/C14H12N4O3/c1-9-6-14(15-8-11-4-5-16-21-11)12-7-10(18(19)20)2-3-13(12)17-9/h2-7H,8H2,1H3,(H,15,17). The Balaban J connectivity index is 2.02. The van der Waals surface area contributed by atoms with Crippen LogP contribution in [-0.2, 0) is 6.54 Å². The van der Waals surface area contributed by atoms with E-state index in [1.165, 1.54) is 12.1 Å². The lowest BCUT2D eigenvalue weighted by Crippen LogP contribution is -2.01. The van der Waals surface area contributed by atoms with E-state index in [0.717, 1.165) is 11.4 Å². The summed E-state index contributed by atoms with van der Waals surface area (Å²) in [4.78, 5) is 14.9. The van der Waals surface area contributed by atoms with Gasteiger partial charge in [0, 0.05) is 35.0 Å². The highest BCUT2D eigenvalue weighted by Crippen LogP contribution is 2.27. The molecule has 1 N–H and O–H groups in total. The van der Waals surface area contributed by atoms with E-state index in [2.05, 4.69) is 15.5 Å². The van der Waals surface area contributed by atoms with Crippen molar-refractivity contribution < 1.29 is 9.45 Å². The minimum Gasteiger partial charge on any atom is -0.377 e. The molecule has 3 aromatic rings. The molecule has 1 aromatic carbocycles. The molecule has 0 fully saturated rings. The zero-order valence-corrected chi connectivity index (χ0v) is 11.2. The van der Waals surface area contributed by atoms with Gasteiger partial charge in [-0.1, -0.05) is 5.16 Å². The number of hydrogen-bond donors (Lipinski definition) is 1. The summed E-state index contributed by atoms with van der Waals surface area (Å²) in [5.41, 5.74) is 2.35. The maximum atomic E-state index is 10.9. The van der Waals surface area contributed by atoms with Crippen LogP contribution in [0.3, 0.4) is 0 Å². The molecule has 21 heavy (non-hydrogen) atoms. The molecule has 2 heterocycles. The van der Waals surface area contributed by atoms with Crippen molar-refractivity contribution in [1.29, 1.82) is 0 Å². The molecule has 0 aliphatic heterocycles. The minimum atomic E-state index is -0.417. The number of pyridine rings is 1. The highest BCUT2D eigenvalue weighted by atomic mass is 16.6. The molecule has 0 amide bonds. The van der Waals surface area contributed by atoms with Crippen LogP contribution in [-0.4, -0.2) is 15.1 Å². The monoisotopic (exact) mass is 284 g/mol. The molecule has 3 rings (SSSR count). The minimum absolute atomic E-state index is 0.0378. The molecule has 106 valence electrons. The van der Waals surface area contributed by atoms with E-state index in [4.69, 9.17) is 4.52 Å². The molecule has 7 nitrogen and oxygen atoms in total. The highest BCUT2D eigenvalue weighted by Gasteiger charge is 2.11. The number of nitro benzene ring substituents is 1. The smallest absolute Gasteiger partial charge is 0.270 e. The molecule has 0 unspecified atom stereocenters. The maximum Gasteiger partial charge on any atom is 0.270 e. The van der Waals surface area contributed by atoms with Crippen LogP contribution in [0.15, 0.2) is 41.1 Å². The first-order chi connectivity index (χ1) is 10.1. The van der Waals surface area contributed by atoms with Crippen molar-refractivity contribution in [3.63, 3.8) is 0 Å². The van der Waals surface area contributed by atoms with Crippen molar-refractivity contribution in [1.82, 2.24) is 10.1 Å². The van der Waals surface area contributed by atoms with Gasteiger partial charge in [-0.15, -0.1) is 0 Å². The third-order valence-electron chi connectivity index (χ3n) is 3.08. The summed E-state index contributed by atoms with van der Waals surface area (Å²) in [5.74, 6) is 0.683. The SMILES string of the molecule is Cc1cc(NCc2ccno2)c2cc([N+](=O)[O-])ccc2n1. The van der Waals surface area contributed by atoms with Crippen molar-refractivity contribution in [3.8, 4) is 0 Å². The Morgan fingerprint density at radius 3 is 2.90 bits per heavy atom. The summed E-state index contributed by atoms with van der Waals surface area (Å²) in [6, 6.07) is 8.23. The first-order valence-corrected chi connectivity index (χ1v) is 6.33. The summed E-state index contributed by atoms with van der Waals surface area (Å²) in [7, 11) is 0. The van der Waals surface area contributed by atoms with Gasteiger partial charge in [-0.3, -0.25) is 15.1 Å². The highest BCUT2D eigenvalue weighted by molar-refractivity contribution is 5.93. The van der Waals surface area contributed by atoms with E-state index in [0.29, 0.717) is 23.2 Å². The summed E-state index contributed by atoms with van der Waals surface area (Å²) < 4.78 is 5.02. The predicted molar refractivity (Wildman–Crippen MR) is 77.0 cm³/mol. The van der Waals surface area contributed by atoms with E-state index in [9.17, 15) is 10.1 Å². The number of nitrogens with zero attached hydrogens (tertiary/aromatic N) is 3. The number of nitrogens with one attached hydrogen (secondary N) is 1. The van der Waals surface area contributed by atoms with Crippen molar-refractivity contribution in [3.05, 3.63) is 58.1 Å². The molecule has 0 spiro atoms. The van der Waals surface area contributed by atoms with Crippen LogP contribution in [0.1, 0.15) is 11.5 Å². The number of aryl methyl sites for hydroxylation is 1.